The molecule has 3 heteroatoms. The molecule has 1 fully saturated rings. The average molecular weight is 166 g/mol. The highest BCUT2D eigenvalue weighted by Crippen LogP contribution is 2.21. The Morgan fingerprint density at radius 2 is 2.20 bits per heavy atom. The summed E-state index contributed by atoms with van der Waals surface area (Å²) >= 11 is 0. The topological polar surface area (TPSA) is 32.3 Å². The van der Waals surface area contributed by atoms with Gasteiger partial charge in [-0.3, -0.25) is 0 Å². The average Bonchev–Trinajstić information content (AvgIpc) is 2.16. The summed E-state index contributed by atoms with van der Waals surface area (Å²) in [5, 5.41) is 12.5. The predicted molar refractivity (Wildman–Crippen MR) is 44.6 cm³/mol. The van der Waals surface area contributed by atoms with E-state index in [4.69, 9.17) is 0 Å². The lowest BCUT2D eigenvalue weighted by molar-refractivity contribution is 0.0983. The van der Waals surface area contributed by atoms with Crippen LogP contribution in [0.25, 0.3) is 0 Å². The Hall–Kier alpha value is 0.210. The third-order valence-corrected chi connectivity index (χ3v) is 2.32. The highest BCUT2D eigenvalue weighted by atomic mass is 35.5. The summed E-state index contributed by atoms with van der Waals surface area (Å²) in [5.74, 6) is 0. The fourth-order valence-electron chi connectivity index (χ4n) is 1.27. The van der Waals surface area contributed by atoms with Crippen LogP contribution < -0.4 is 5.32 Å². The summed E-state index contributed by atoms with van der Waals surface area (Å²) in [4.78, 5) is 0. The minimum atomic E-state index is -0.222. The van der Waals surface area contributed by atoms with Crippen molar-refractivity contribution in [2.75, 3.05) is 6.54 Å². The molecule has 0 aliphatic carbocycles. The molecule has 1 aliphatic heterocycles. The number of aliphatic hydroxyl groups is 1. The van der Waals surface area contributed by atoms with Crippen LogP contribution in [0.3, 0.4) is 0 Å². The van der Waals surface area contributed by atoms with Crippen molar-refractivity contribution in [2.24, 2.45) is 0 Å². The third kappa shape index (κ3) is 1.84. The molecule has 0 amide bonds. The molecule has 0 aromatic rings. The van der Waals surface area contributed by atoms with Crippen LogP contribution in [0.1, 0.15) is 26.7 Å². The molecule has 2 atom stereocenters. The maximum Gasteiger partial charge on any atom is 0.0690 e. The Kier molecular flexibility index (Phi) is 3.63. The molecule has 2 nitrogen and oxygen atoms in total. The van der Waals surface area contributed by atoms with Crippen LogP contribution in [-0.2, 0) is 0 Å². The van der Waals surface area contributed by atoms with Crippen LogP contribution in [0, 0.1) is 0 Å². The highest BCUT2D eigenvalue weighted by molar-refractivity contribution is 5.85. The Bertz CT molecular complexity index is 99.8. The molecule has 0 unspecified atom stereocenters. The summed E-state index contributed by atoms with van der Waals surface area (Å²) < 4.78 is 0. The number of rotatable bonds is 1. The van der Waals surface area contributed by atoms with E-state index in [2.05, 4.69) is 12.2 Å². The second-order valence-electron chi connectivity index (χ2n) is 3.12. The SMILES string of the molecule is C[C@@H](O)[C@@]1(C)CCCN1.Cl. The Labute approximate surface area is 68.4 Å². The van der Waals surface area contributed by atoms with Crippen molar-refractivity contribution in [2.45, 2.75) is 38.3 Å². The lowest BCUT2D eigenvalue weighted by Gasteiger charge is -2.27. The molecule has 1 aliphatic rings. The zero-order chi connectivity index (χ0) is 6.91. The van der Waals surface area contributed by atoms with Crippen molar-refractivity contribution in [1.29, 1.82) is 0 Å². The fraction of sp³-hybridized carbons (Fsp3) is 1.00. The number of nitrogens with one attached hydrogen (secondary N) is 1. The van der Waals surface area contributed by atoms with Gasteiger partial charge in [-0.2, -0.15) is 0 Å². The Morgan fingerprint density at radius 1 is 1.60 bits per heavy atom. The van der Waals surface area contributed by atoms with E-state index in [0.29, 0.717) is 0 Å². The van der Waals surface area contributed by atoms with Crippen LogP contribution in [0.5, 0.6) is 0 Å². The fourth-order valence-corrected chi connectivity index (χ4v) is 1.27. The van der Waals surface area contributed by atoms with Gasteiger partial charge in [-0.25, -0.2) is 0 Å². The molecule has 1 heterocycles. The maximum atomic E-state index is 9.25. The smallest absolute Gasteiger partial charge is 0.0690 e. The minimum absolute atomic E-state index is 0. The van der Waals surface area contributed by atoms with Crippen LogP contribution in [0.4, 0.5) is 0 Å². The van der Waals surface area contributed by atoms with Gasteiger partial charge in [-0.05, 0) is 33.2 Å². The van der Waals surface area contributed by atoms with E-state index in [-0.39, 0.29) is 24.0 Å². The second-order valence-corrected chi connectivity index (χ2v) is 3.12. The quantitative estimate of drug-likeness (QED) is 0.606. The Morgan fingerprint density at radius 3 is 2.40 bits per heavy atom. The molecule has 0 aromatic heterocycles. The molecule has 0 bridgehead atoms. The molecule has 0 saturated carbocycles. The van der Waals surface area contributed by atoms with Gasteiger partial charge in [0, 0.05) is 5.54 Å². The second kappa shape index (κ2) is 3.56. The molecular weight excluding hydrogens is 150 g/mol. The van der Waals surface area contributed by atoms with Gasteiger partial charge in [-0.15, -0.1) is 12.4 Å². The minimum Gasteiger partial charge on any atom is -0.392 e. The molecule has 1 saturated heterocycles. The van der Waals surface area contributed by atoms with E-state index >= 15 is 0 Å². The van der Waals surface area contributed by atoms with E-state index in [1.54, 1.807) is 0 Å². The maximum absolute atomic E-state index is 9.25. The molecule has 0 spiro atoms. The van der Waals surface area contributed by atoms with Crippen molar-refractivity contribution >= 4 is 12.4 Å². The summed E-state index contributed by atoms with van der Waals surface area (Å²) in [5.41, 5.74) is 0. The van der Waals surface area contributed by atoms with Crippen molar-refractivity contribution in [1.82, 2.24) is 5.32 Å². The van der Waals surface area contributed by atoms with E-state index in [9.17, 15) is 5.11 Å². The summed E-state index contributed by atoms with van der Waals surface area (Å²) in [6.07, 6.45) is 2.08. The number of aliphatic hydroxyl groups excluding tert-OH is 1. The first-order valence-corrected chi connectivity index (χ1v) is 3.58. The molecular formula is C7H16ClNO. The van der Waals surface area contributed by atoms with Crippen molar-refractivity contribution in [3.63, 3.8) is 0 Å². The van der Waals surface area contributed by atoms with Crippen LogP contribution >= 0.6 is 12.4 Å². The number of hydrogen-bond donors (Lipinski definition) is 2. The van der Waals surface area contributed by atoms with E-state index in [1.165, 1.54) is 6.42 Å². The largest absolute Gasteiger partial charge is 0.392 e. The number of halogens is 1. The van der Waals surface area contributed by atoms with Gasteiger partial charge in [0.15, 0.2) is 0 Å². The summed E-state index contributed by atoms with van der Waals surface area (Å²) in [7, 11) is 0. The van der Waals surface area contributed by atoms with Gasteiger partial charge in [-0.1, -0.05) is 0 Å². The van der Waals surface area contributed by atoms with Crippen molar-refractivity contribution < 1.29 is 5.11 Å². The molecule has 10 heavy (non-hydrogen) atoms. The monoisotopic (exact) mass is 165 g/mol. The van der Waals surface area contributed by atoms with Gasteiger partial charge in [0.1, 0.15) is 0 Å². The first kappa shape index (κ1) is 10.2. The third-order valence-electron chi connectivity index (χ3n) is 2.32. The van der Waals surface area contributed by atoms with Crippen molar-refractivity contribution in [3.05, 3.63) is 0 Å². The van der Waals surface area contributed by atoms with Crippen LogP contribution in [0.2, 0.25) is 0 Å². The summed E-state index contributed by atoms with van der Waals surface area (Å²) in [6, 6.07) is 0. The van der Waals surface area contributed by atoms with E-state index < -0.39 is 0 Å². The lowest BCUT2D eigenvalue weighted by atomic mass is 9.94. The normalized spacial score (nSPS) is 35.1. The number of hydrogen-bond acceptors (Lipinski definition) is 2. The summed E-state index contributed by atoms with van der Waals surface area (Å²) in [6.45, 7) is 4.98. The molecule has 0 aromatic carbocycles. The lowest BCUT2D eigenvalue weighted by Crippen LogP contribution is -2.45. The van der Waals surface area contributed by atoms with Crippen molar-refractivity contribution in [3.8, 4) is 0 Å². The van der Waals surface area contributed by atoms with Gasteiger partial charge in [0.25, 0.3) is 0 Å². The predicted octanol–water partition coefficient (Wildman–Crippen LogP) is 0.931. The van der Waals surface area contributed by atoms with Gasteiger partial charge < -0.3 is 10.4 Å². The molecule has 62 valence electrons. The first-order chi connectivity index (χ1) is 4.15. The van der Waals surface area contributed by atoms with Gasteiger partial charge in [0.2, 0.25) is 0 Å². The first-order valence-electron chi connectivity index (χ1n) is 3.58. The molecule has 0 radical (unpaired) electrons. The Balaban J connectivity index is 0.000000810. The van der Waals surface area contributed by atoms with Crippen LogP contribution in [0.15, 0.2) is 0 Å². The standard InChI is InChI=1S/C7H15NO.ClH/c1-6(9)7(2)4-3-5-8-7;/h6,8-9H,3-5H2,1-2H3;1H/t6-,7-;/m1./s1. The van der Waals surface area contributed by atoms with E-state index in [0.717, 1.165) is 13.0 Å². The zero-order valence-corrected chi connectivity index (χ0v) is 7.37. The van der Waals surface area contributed by atoms with E-state index in [1.807, 2.05) is 6.92 Å². The molecule has 2 N–H and O–H groups in total. The zero-order valence-electron chi connectivity index (χ0n) is 6.55. The molecule has 1 rings (SSSR count). The van der Waals surface area contributed by atoms with Crippen LogP contribution in [-0.4, -0.2) is 23.3 Å². The van der Waals surface area contributed by atoms with Gasteiger partial charge >= 0.3 is 0 Å². The van der Waals surface area contributed by atoms with Gasteiger partial charge in [0.05, 0.1) is 6.10 Å². The highest BCUT2D eigenvalue weighted by Gasteiger charge is 2.32.